The van der Waals surface area contributed by atoms with Crippen molar-refractivity contribution < 1.29 is 19.1 Å². The highest BCUT2D eigenvalue weighted by Gasteiger charge is 2.25. The van der Waals surface area contributed by atoms with E-state index in [0.29, 0.717) is 16.4 Å². The van der Waals surface area contributed by atoms with Crippen LogP contribution in [0.5, 0.6) is 0 Å². The molecule has 7 heteroatoms. The fourth-order valence-electron chi connectivity index (χ4n) is 1.22. The van der Waals surface area contributed by atoms with E-state index in [2.05, 4.69) is 26.8 Å². The van der Waals surface area contributed by atoms with Crippen molar-refractivity contribution in [3.8, 4) is 12.3 Å². The number of aromatic nitrogens is 1. The Balaban J connectivity index is 0.000000823. The van der Waals surface area contributed by atoms with Gasteiger partial charge in [-0.2, -0.15) is 4.90 Å². The van der Waals surface area contributed by atoms with E-state index >= 15 is 0 Å². The number of amides is 2. The van der Waals surface area contributed by atoms with Gasteiger partial charge in [0.2, 0.25) is 6.41 Å². The van der Waals surface area contributed by atoms with Gasteiger partial charge in [0.25, 0.3) is 0 Å². The van der Waals surface area contributed by atoms with Gasteiger partial charge in [0.15, 0.2) is 5.82 Å². The van der Waals surface area contributed by atoms with Crippen LogP contribution in [-0.2, 0) is 14.3 Å². The summed E-state index contributed by atoms with van der Waals surface area (Å²) in [7, 11) is 1.71. The van der Waals surface area contributed by atoms with Crippen molar-refractivity contribution in [2.75, 3.05) is 12.0 Å². The second-order valence-corrected chi connectivity index (χ2v) is 7.86. The van der Waals surface area contributed by atoms with Gasteiger partial charge in [-0.15, -0.1) is 6.42 Å². The van der Waals surface area contributed by atoms with Gasteiger partial charge >= 0.3 is 6.09 Å². The molecule has 1 aromatic rings. The number of hydrogen-bond acceptors (Lipinski definition) is 5. The molecule has 0 aromatic carbocycles. The van der Waals surface area contributed by atoms with Gasteiger partial charge in [-0.3, -0.25) is 4.79 Å². The molecule has 0 bridgehead atoms. The molecule has 0 atom stereocenters. The highest BCUT2D eigenvalue weighted by molar-refractivity contribution is 9.10. The topological polar surface area (TPSA) is 68.7 Å². The van der Waals surface area contributed by atoms with Crippen LogP contribution in [0.15, 0.2) is 16.7 Å². The van der Waals surface area contributed by atoms with Crippen LogP contribution in [0.25, 0.3) is 0 Å². The number of nitrogens with zero attached hydrogens (tertiary/aromatic N) is 2. The average molecular weight is 413 g/mol. The van der Waals surface area contributed by atoms with E-state index in [1.165, 1.54) is 6.20 Å². The molecule has 2 amide bonds. The number of pyridine rings is 1. The summed E-state index contributed by atoms with van der Waals surface area (Å²) in [5.41, 5.74) is -0.364. The van der Waals surface area contributed by atoms with Crippen molar-refractivity contribution in [1.29, 1.82) is 0 Å². The molecule has 0 radical (unpaired) electrons. The van der Waals surface area contributed by atoms with Crippen LogP contribution in [-0.4, -0.2) is 35.8 Å². The molecule has 0 spiro atoms. The smallest absolute Gasteiger partial charge is 0.422 e. The SMILES string of the molecule is C#Cc1cc(Br)cnc1N(C=O)C(=O)OC(C)(C)C.COC(C)(C)C. The lowest BCUT2D eigenvalue weighted by Crippen LogP contribution is -2.36. The third-order valence-corrected chi connectivity index (χ3v) is 2.96. The second kappa shape index (κ2) is 9.54. The van der Waals surface area contributed by atoms with Gasteiger partial charge in [-0.25, -0.2) is 9.78 Å². The Morgan fingerprint density at radius 3 is 2.16 bits per heavy atom. The predicted molar refractivity (Wildman–Crippen MR) is 101 cm³/mol. The van der Waals surface area contributed by atoms with Crippen LogP contribution < -0.4 is 4.90 Å². The van der Waals surface area contributed by atoms with Crippen LogP contribution in [0.4, 0.5) is 10.6 Å². The number of imide groups is 1. The van der Waals surface area contributed by atoms with Crippen molar-refractivity contribution in [3.05, 3.63) is 22.3 Å². The number of rotatable bonds is 2. The van der Waals surface area contributed by atoms with E-state index in [9.17, 15) is 9.59 Å². The maximum atomic E-state index is 11.9. The number of terminal acetylenes is 1. The lowest BCUT2D eigenvalue weighted by Gasteiger charge is -2.23. The number of anilines is 1. The molecule has 1 aromatic heterocycles. The second-order valence-electron chi connectivity index (χ2n) is 6.94. The first-order valence-electron chi connectivity index (χ1n) is 7.49. The van der Waals surface area contributed by atoms with Crippen molar-refractivity contribution >= 4 is 34.3 Å². The number of hydrogen-bond donors (Lipinski definition) is 0. The monoisotopic (exact) mass is 412 g/mol. The first-order chi connectivity index (χ1) is 11.3. The minimum absolute atomic E-state index is 0.0417. The molecule has 0 saturated heterocycles. The highest BCUT2D eigenvalue weighted by Crippen LogP contribution is 2.21. The summed E-state index contributed by atoms with van der Waals surface area (Å²) in [6, 6.07) is 1.59. The van der Waals surface area contributed by atoms with Crippen LogP contribution in [0, 0.1) is 12.3 Å². The molecular weight excluding hydrogens is 388 g/mol. The van der Waals surface area contributed by atoms with Gasteiger partial charge in [-0.1, -0.05) is 5.92 Å². The molecule has 0 unspecified atom stereocenters. The Labute approximate surface area is 158 Å². The molecule has 6 nitrogen and oxygen atoms in total. The molecule has 0 saturated carbocycles. The van der Waals surface area contributed by atoms with Crippen LogP contribution in [0.2, 0.25) is 0 Å². The summed E-state index contributed by atoms with van der Waals surface area (Å²) >= 11 is 3.21. The van der Waals surface area contributed by atoms with Crippen molar-refractivity contribution in [2.45, 2.75) is 52.7 Å². The number of carbonyl (C=O) groups is 2. The van der Waals surface area contributed by atoms with E-state index in [4.69, 9.17) is 15.9 Å². The molecule has 0 aliphatic carbocycles. The number of carbonyl (C=O) groups excluding carboxylic acids is 2. The zero-order chi connectivity index (χ0) is 19.8. The summed E-state index contributed by atoms with van der Waals surface area (Å²) in [4.78, 5) is 27.7. The van der Waals surface area contributed by atoms with E-state index in [1.807, 2.05) is 20.8 Å². The molecule has 1 heterocycles. The summed E-state index contributed by atoms with van der Waals surface area (Å²) in [5, 5.41) is 0. The largest absolute Gasteiger partial charge is 0.443 e. The van der Waals surface area contributed by atoms with Gasteiger partial charge in [-0.05, 0) is 63.5 Å². The number of ether oxygens (including phenoxy) is 2. The molecule has 25 heavy (non-hydrogen) atoms. The zero-order valence-corrected chi connectivity index (χ0v) is 17.3. The average Bonchev–Trinajstić information content (AvgIpc) is 2.47. The minimum atomic E-state index is -0.825. The van der Waals surface area contributed by atoms with Gasteiger partial charge in [0.1, 0.15) is 5.60 Å². The van der Waals surface area contributed by atoms with Gasteiger partial charge in [0.05, 0.1) is 11.2 Å². The van der Waals surface area contributed by atoms with Crippen LogP contribution in [0.3, 0.4) is 0 Å². The van der Waals surface area contributed by atoms with Crippen molar-refractivity contribution in [3.63, 3.8) is 0 Å². The highest BCUT2D eigenvalue weighted by atomic mass is 79.9. The Kier molecular flexibility index (Phi) is 8.81. The van der Waals surface area contributed by atoms with Crippen molar-refractivity contribution in [2.24, 2.45) is 0 Å². The fourth-order valence-corrected chi connectivity index (χ4v) is 1.55. The standard InChI is InChI=1S/C13H13BrN2O3.C5H12O/c1-5-9-6-10(14)7-15-11(9)16(8-17)12(18)19-13(2,3)4;1-5(2,3)6-4/h1,6-8H,2-4H3;1-4H3. The van der Waals surface area contributed by atoms with Crippen LogP contribution >= 0.6 is 15.9 Å². The molecule has 0 aliphatic rings. The van der Waals surface area contributed by atoms with E-state index in [1.54, 1.807) is 33.9 Å². The Morgan fingerprint density at radius 2 is 1.80 bits per heavy atom. The fraction of sp³-hybridized carbons (Fsp3) is 0.500. The first-order valence-corrected chi connectivity index (χ1v) is 8.28. The zero-order valence-electron chi connectivity index (χ0n) is 15.7. The third kappa shape index (κ3) is 9.22. The molecule has 1 rings (SSSR count). The quantitative estimate of drug-likeness (QED) is 0.538. The first kappa shape index (κ1) is 23.1. The van der Waals surface area contributed by atoms with Crippen molar-refractivity contribution in [1.82, 2.24) is 4.98 Å². The summed E-state index contributed by atoms with van der Waals surface area (Å²) in [5.74, 6) is 2.43. The Bertz CT molecular complexity index is 640. The summed E-state index contributed by atoms with van der Waals surface area (Å²) < 4.78 is 10.7. The maximum absolute atomic E-state index is 11.9. The summed E-state index contributed by atoms with van der Waals surface area (Å²) in [6.07, 6.45) is 6.27. The molecule has 0 aliphatic heterocycles. The lowest BCUT2D eigenvalue weighted by atomic mass is 10.2. The van der Waals surface area contributed by atoms with E-state index < -0.39 is 11.7 Å². The summed E-state index contributed by atoms with van der Waals surface area (Å²) in [6.45, 7) is 11.2. The lowest BCUT2D eigenvalue weighted by molar-refractivity contribution is -0.107. The normalized spacial score (nSPS) is 10.8. The number of halogens is 1. The van der Waals surface area contributed by atoms with Crippen LogP contribution in [0.1, 0.15) is 47.1 Å². The minimum Gasteiger partial charge on any atom is -0.443 e. The van der Waals surface area contributed by atoms with Gasteiger partial charge < -0.3 is 9.47 Å². The molecular formula is C18H25BrN2O4. The van der Waals surface area contributed by atoms with E-state index in [0.717, 1.165) is 4.90 Å². The third-order valence-electron chi connectivity index (χ3n) is 2.52. The molecule has 138 valence electrons. The Morgan fingerprint density at radius 1 is 1.28 bits per heavy atom. The molecule has 0 fully saturated rings. The van der Waals surface area contributed by atoms with E-state index in [-0.39, 0.29) is 11.4 Å². The Hall–Kier alpha value is -1.91. The number of methoxy groups -OCH3 is 1. The van der Waals surface area contributed by atoms with Gasteiger partial charge in [0, 0.05) is 17.8 Å². The maximum Gasteiger partial charge on any atom is 0.422 e. The molecule has 0 N–H and O–H groups in total. The predicted octanol–water partition coefficient (Wildman–Crippen LogP) is 4.15.